The van der Waals surface area contributed by atoms with Crippen LogP contribution in [0.2, 0.25) is 0 Å². The van der Waals surface area contributed by atoms with Gasteiger partial charge < -0.3 is 24.8 Å². The highest BCUT2D eigenvalue weighted by Gasteiger charge is 2.56. The summed E-state index contributed by atoms with van der Waals surface area (Å²) in [5.74, 6) is 0.912. The largest absolute Gasteiger partial charge is 0.379 e. The van der Waals surface area contributed by atoms with Gasteiger partial charge in [0.25, 0.3) is 0 Å². The van der Waals surface area contributed by atoms with Crippen LogP contribution in [0.5, 0.6) is 0 Å². The van der Waals surface area contributed by atoms with Crippen molar-refractivity contribution in [2.24, 2.45) is 10.4 Å². The Labute approximate surface area is 152 Å². The van der Waals surface area contributed by atoms with Crippen LogP contribution in [0, 0.1) is 5.41 Å². The molecule has 1 heterocycles. The first kappa shape index (κ1) is 18.9. The minimum atomic E-state index is 0.296. The molecule has 0 amide bonds. The van der Waals surface area contributed by atoms with Crippen molar-refractivity contribution in [3.8, 4) is 0 Å². The van der Waals surface area contributed by atoms with E-state index in [-0.39, 0.29) is 0 Å². The van der Waals surface area contributed by atoms with Gasteiger partial charge in [0, 0.05) is 44.9 Å². The quantitative estimate of drug-likeness (QED) is 0.397. The maximum Gasteiger partial charge on any atom is 0.191 e. The van der Waals surface area contributed by atoms with Gasteiger partial charge in [-0.3, -0.25) is 4.99 Å². The van der Waals surface area contributed by atoms with Gasteiger partial charge in [-0.25, -0.2) is 0 Å². The average molecular weight is 354 g/mol. The minimum absolute atomic E-state index is 0.296. The van der Waals surface area contributed by atoms with E-state index in [2.05, 4.69) is 22.5 Å². The van der Waals surface area contributed by atoms with Crippen LogP contribution in [0.25, 0.3) is 0 Å². The molecule has 0 bridgehead atoms. The highest BCUT2D eigenvalue weighted by molar-refractivity contribution is 5.80. The molecular weight excluding hydrogens is 318 g/mol. The lowest BCUT2D eigenvalue weighted by Crippen LogP contribution is -2.65. The van der Waals surface area contributed by atoms with Gasteiger partial charge in [-0.15, -0.1) is 0 Å². The fraction of sp³-hybridized carbons (Fsp3) is 0.947. The lowest BCUT2D eigenvalue weighted by molar-refractivity contribution is -0.125. The molecule has 3 atom stereocenters. The zero-order chi connectivity index (χ0) is 17.5. The molecule has 2 N–H and O–H groups in total. The molecule has 3 fully saturated rings. The number of hydrogen-bond donors (Lipinski definition) is 2. The summed E-state index contributed by atoms with van der Waals surface area (Å²) in [7, 11) is 1.85. The van der Waals surface area contributed by atoms with E-state index in [0.29, 0.717) is 23.7 Å². The molecule has 1 spiro atoms. The van der Waals surface area contributed by atoms with E-state index in [4.69, 9.17) is 14.2 Å². The minimum Gasteiger partial charge on any atom is -0.379 e. The third kappa shape index (κ3) is 4.47. The Kier molecular flexibility index (Phi) is 6.96. The maximum atomic E-state index is 6.00. The van der Waals surface area contributed by atoms with Gasteiger partial charge in [-0.1, -0.05) is 12.8 Å². The Bertz CT molecular complexity index is 432. The molecule has 25 heavy (non-hydrogen) atoms. The summed E-state index contributed by atoms with van der Waals surface area (Å²) >= 11 is 0. The van der Waals surface area contributed by atoms with Gasteiger partial charge in [0.15, 0.2) is 5.96 Å². The molecular formula is C19H35N3O3. The summed E-state index contributed by atoms with van der Waals surface area (Å²) in [6, 6.07) is 0.490. The third-order valence-corrected chi connectivity index (χ3v) is 6.08. The molecule has 0 radical (unpaired) electrons. The van der Waals surface area contributed by atoms with E-state index in [1.165, 1.54) is 25.7 Å². The van der Waals surface area contributed by atoms with Crippen molar-refractivity contribution in [3.05, 3.63) is 0 Å². The zero-order valence-electron chi connectivity index (χ0n) is 15.9. The van der Waals surface area contributed by atoms with Crippen LogP contribution in [-0.4, -0.2) is 64.2 Å². The molecule has 6 heteroatoms. The normalized spacial score (nSPS) is 31.3. The van der Waals surface area contributed by atoms with Crippen molar-refractivity contribution in [3.63, 3.8) is 0 Å². The maximum absolute atomic E-state index is 6.00. The topological polar surface area (TPSA) is 64.1 Å². The zero-order valence-corrected chi connectivity index (χ0v) is 15.9. The Hall–Kier alpha value is -0.850. The molecule has 0 aromatic heterocycles. The van der Waals surface area contributed by atoms with E-state index < -0.39 is 0 Å². The fourth-order valence-corrected chi connectivity index (χ4v) is 4.62. The van der Waals surface area contributed by atoms with Crippen LogP contribution in [0.1, 0.15) is 51.9 Å². The molecule has 3 rings (SSSR count). The molecule has 6 nitrogen and oxygen atoms in total. The van der Waals surface area contributed by atoms with Crippen LogP contribution in [0.3, 0.4) is 0 Å². The van der Waals surface area contributed by atoms with Crippen molar-refractivity contribution in [2.45, 2.75) is 70.1 Å². The smallest absolute Gasteiger partial charge is 0.191 e. The molecule has 2 aliphatic carbocycles. The van der Waals surface area contributed by atoms with Crippen LogP contribution >= 0.6 is 0 Å². The van der Waals surface area contributed by atoms with Crippen LogP contribution < -0.4 is 10.6 Å². The molecule has 3 unspecified atom stereocenters. The highest BCUT2D eigenvalue weighted by Crippen LogP contribution is 2.54. The number of guanidine groups is 1. The predicted molar refractivity (Wildman–Crippen MR) is 99.0 cm³/mol. The van der Waals surface area contributed by atoms with Crippen LogP contribution in [-0.2, 0) is 14.2 Å². The Morgan fingerprint density at radius 3 is 2.80 bits per heavy atom. The first-order valence-corrected chi connectivity index (χ1v) is 10.1. The van der Waals surface area contributed by atoms with Gasteiger partial charge in [0.2, 0.25) is 0 Å². The standard InChI is InChI=1S/C19H35N3O3/c1-3-24-17-13-16(19(17)8-4-5-9-19)22-18(20-2)21-10-6-11-25-15-7-12-23-14-15/h15-17H,3-14H2,1-2H3,(H2,20,21,22). The van der Waals surface area contributed by atoms with Gasteiger partial charge >= 0.3 is 0 Å². The first-order chi connectivity index (χ1) is 12.3. The number of nitrogens with zero attached hydrogens (tertiary/aromatic N) is 1. The summed E-state index contributed by atoms with van der Waals surface area (Å²) in [6.45, 7) is 6.16. The molecule has 3 aliphatic rings. The van der Waals surface area contributed by atoms with Crippen molar-refractivity contribution < 1.29 is 14.2 Å². The van der Waals surface area contributed by atoms with Crippen LogP contribution in [0.15, 0.2) is 4.99 Å². The second-order valence-electron chi connectivity index (χ2n) is 7.53. The third-order valence-electron chi connectivity index (χ3n) is 6.08. The number of nitrogens with one attached hydrogen (secondary N) is 2. The Morgan fingerprint density at radius 1 is 1.28 bits per heavy atom. The second kappa shape index (κ2) is 9.19. The lowest BCUT2D eigenvalue weighted by Gasteiger charge is -2.54. The number of aliphatic imine (C=N–C) groups is 1. The van der Waals surface area contributed by atoms with E-state index in [0.717, 1.165) is 58.2 Å². The SMILES string of the molecule is CCOC1CC(NC(=NC)NCCCOC2CCOC2)C12CCCC2. The summed E-state index contributed by atoms with van der Waals surface area (Å²) in [6.07, 6.45) is 9.05. The monoisotopic (exact) mass is 353 g/mol. The first-order valence-electron chi connectivity index (χ1n) is 10.1. The van der Waals surface area contributed by atoms with Crippen molar-refractivity contribution in [1.29, 1.82) is 0 Å². The van der Waals surface area contributed by atoms with Crippen molar-refractivity contribution in [1.82, 2.24) is 10.6 Å². The Balaban J connectivity index is 1.37. The van der Waals surface area contributed by atoms with E-state index in [1.54, 1.807) is 0 Å². The molecule has 1 saturated heterocycles. The summed E-state index contributed by atoms with van der Waals surface area (Å²) in [4.78, 5) is 4.40. The highest BCUT2D eigenvalue weighted by atomic mass is 16.5. The van der Waals surface area contributed by atoms with Crippen molar-refractivity contribution in [2.75, 3.05) is 40.0 Å². The Morgan fingerprint density at radius 2 is 2.12 bits per heavy atom. The second-order valence-corrected chi connectivity index (χ2v) is 7.53. The van der Waals surface area contributed by atoms with Crippen molar-refractivity contribution >= 4 is 5.96 Å². The molecule has 1 aliphatic heterocycles. The number of ether oxygens (including phenoxy) is 3. The molecule has 0 aromatic carbocycles. The van der Waals surface area contributed by atoms with Gasteiger partial charge in [0.05, 0.1) is 18.8 Å². The average Bonchev–Trinajstić information content (AvgIpc) is 3.31. The predicted octanol–water partition coefficient (Wildman–Crippen LogP) is 2.08. The number of hydrogen-bond acceptors (Lipinski definition) is 4. The van der Waals surface area contributed by atoms with E-state index in [1.807, 2.05) is 7.05 Å². The number of rotatable bonds is 8. The van der Waals surface area contributed by atoms with Gasteiger partial charge in [0.1, 0.15) is 0 Å². The van der Waals surface area contributed by atoms with E-state index in [9.17, 15) is 0 Å². The summed E-state index contributed by atoms with van der Waals surface area (Å²) in [5, 5.41) is 7.09. The summed E-state index contributed by atoms with van der Waals surface area (Å²) in [5.41, 5.74) is 0.333. The fourth-order valence-electron chi connectivity index (χ4n) is 4.62. The van der Waals surface area contributed by atoms with Gasteiger partial charge in [-0.2, -0.15) is 0 Å². The van der Waals surface area contributed by atoms with Gasteiger partial charge in [-0.05, 0) is 39.0 Å². The molecule has 0 aromatic rings. The lowest BCUT2D eigenvalue weighted by atomic mass is 9.60. The van der Waals surface area contributed by atoms with E-state index >= 15 is 0 Å². The molecule has 144 valence electrons. The van der Waals surface area contributed by atoms with Crippen LogP contribution in [0.4, 0.5) is 0 Å². The molecule has 2 saturated carbocycles. The summed E-state index contributed by atoms with van der Waals surface area (Å²) < 4.78 is 17.1.